The molecular formula is C39H28N2. The summed E-state index contributed by atoms with van der Waals surface area (Å²) in [5.41, 5.74) is 9.64. The van der Waals surface area contributed by atoms with Crippen molar-refractivity contribution < 1.29 is 0 Å². The van der Waals surface area contributed by atoms with Gasteiger partial charge in [0.1, 0.15) is 0 Å². The number of anilines is 1. The van der Waals surface area contributed by atoms with E-state index in [0.29, 0.717) is 0 Å². The Bertz CT molecular complexity index is 2220. The molecule has 0 bridgehead atoms. The van der Waals surface area contributed by atoms with Crippen LogP contribution in [0.5, 0.6) is 0 Å². The van der Waals surface area contributed by atoms with Crippen LogP contribution in [0.3, 0.4) is 0 Å². The monoisotopic (exact) mass is 524 g/mol. The van der Waals surface area contributed by atoms with Crippen LogP contribution in [-0.2, 0) is 0 Å². The number of nitrogens with one attached hydrogen (secondary N) is 1. The van der Waals surface area contributed by atoms with Crippen molar-refractivity contribution in [3.8, 4) is 27.9 Å². The van der Waals surface area contributed by atoms with Crippen LogP contribution in [0.15, 0.2) is 146 Å². The third kappa shape index (κ3) is 3.80. The van der Waals surface area contributed by atoms with E-state index in [0.717, 1.165) is 5.69 Å². The van der Waals surface area contributed by atoms with E-state index in [1.54, 1.807) is 0 Å². The lowest BCUT2D eigenvalue weighted by Crippen LogP contribution is -1.94. The second kappa shape index (κ2) is 9.39. The summed E-state index contributed by atoms with van der Waals surface area (Å²) in [5, 5.41) is 10.8. The number of aromatic nitrogens is 1. The van der Waals surface area contributed by atoms with E-state index in [4.69, 9.17) is 0 Å². The maximum absolute atomic E-state index is 3.20. The predicted octanol–water partition coefficient (Wildman–Crippen LogP) is 10.5. The first-order chi connectivity index (χ1) is 20.3. The van der Waals surface area contributed by atoms with Crippen LogP contribution >= 0.6 is 0 Å². The SMILES string of the molecule is CNc1ccc(-c2ccc(-c3cccc4c3c3c5ccccc5ccc3n4-c3ccc4ccccc4c3)cc2)cc1. The van der Waals surface area contributed by atoms with Gasteiger partial charge in [-0.2, -0.15) is 0 Å². The number of hydrogen-bond donors (Lipinski definition) is 1. The molecule has 1 N–H and O–H groups in total. The highest BCUT2D eigenvalue weighted by atomic mass is 15.0. The molecule has 7 aromatic carbocycles. The zero-order chi connectivity index (χ0) is 27.3. The summed E-state index contributed by atoms with van der Waals surface area (Å²) in [6.45, 7) is 0. The molecule has 0 fully saturated rings. The van der Waals surface area contributed by atoms with Crippen LogP contribution in [-0.4, -0.2) is 11.6 Å². The molecule has 0 atom stereocenters. The molecule has 0 amide bonds. The highest BCUT2D eigenvalue weighted by Crippen LogP contribution is 2.42. The average molecular weight is 525 g/mol. The van der Waals surface area contributed by atoms with Gasteiger partial charge in [0.2, 0.25) is 0 Å². The summed E-state index contributed by atoms with van der Waals surface area (Å²) < 4.78 is 2.44. The Hall–Kier alpha value is -5.34. The van der Waals surface area contributed by atoms with E-state index in [1.165, 1.54) is 71.3 Å². The third-order valence-electron chi connectivity index (χ3n) is 8.38. The summed E-state index contributed by atoms with van der Waals surface area (Å²) in [6.07, 6.45) is 0. The van der Waals surface area contributed by atoms with Crippen molar-refractivity contribution >= 4 is 49.0 Å². The summed E-state index contributed by atoms with van der Waals surface area (Å²) in [5.74, 6) is 0. The molecule has 8 aromatic rings. The van der Waals surface area contributed by atoms with Crippen LogP contribution in [0.25, 0.3) is 71.3 Å². The Balaban J connectivity index is 1.39. The Labute approximate surface area is 239 Å². The van der Waals surface area contributed by atoms with Gasteiger partial charge >= 0.3 is 0 Å². The lowest BCUT2D eigenvalue weighted by atomic mass is 9.95. The molecule has 0 saturated heterocycles. The third-order valence-corrected chi connectivity index (χ3v) is 8.38. The van der Waals surface area contributed by atoms with Crippen molar-refractivity contribution in [1.82, 2.24) is 4.57 Å². The predicted molar refractivity (Wildman–Crippen MR) is 176 cm³/mol. The fraction of sp³-hybridized carbons (Fsp3) is 0.0256. The molecule has 0 unspecified atom stereocenters. The van der Waals surface area contributed by atoms with E-state index in [1.807, 2.05) is 7.05 Å². The largest absolute Gasteiger partial charge is 0.388 e. The van der Waals surface area contributed by atoms with E-state index in [9.17, 15) is 0 Å². The Morgan fingerprint density at radius 1 is 0.463 bits per heavy atom. The number of fused-ring (bicyclic) bond motifs is 6. The van der Waals surface area contributed by atoms with Gasteiger partial charge in [0.15, 0.2) is 0 Å². The molecule has 1 aromatic heterocycles. The number of nitrogens with zero attached hydrogens (tertiary/aromatic N) is 1. The maximum Gasteiger partial charge on any atom is 0.0547 e. The maximum atomic E-state index is 3.20. The topological polar surface area (TPSA) is 17.0 Å². The van der Waals surface area contributed by atoms with Gasteiger partial charge in [-0.3, -0.25) is 0 Å². The van der Waals surface area contributed by atoms with Crippen LogP contribution in [0.1, 0.15) is 0 Å². The van der Waals surface area contributed by atoms with E-state index >= 15 is 0 Å². The summed E-state index contributed by atoms with van der Waals surface area (Å²) in [6, 6.07) is 53.0. The zero-order valence-electron chi connectivity index (χ0n) is 22.8. The zero-order valence-corrected chi connectivity index (χ0v) is 22.8. The Kier molecular flexibility index (Phi) is 5.39. The molecule has 194 valence electrons. The van der Waals surface area contributed by atoms with Gasteiger partial charge < -0.3 is 9.88 Å². The Morgan fingerprint density at radius 2 is 1.10 bits per heavy atom. The second-order valence-corrected chi connectivity index (χ2v) is 10.7. The average Bonchev–Trinajstić information content (AvgIpc) is 3.40. The van der Waals surface area contributed by atoms with Crippen LogP contribution in [0, 0.1) is 0 Å². The van der Waals surface area contributed by atoms with Crippen molar-refractivity contribution in [2.24, 2.45) is 0 Å². The van der Waals surface area contributed by atoms with Crippen molar-refractivity contribution in [3.63, 3.8) is 0 Å². The van der Waals surface area contributed by atoms with Gasteiger partial charge in [-0.15, -0.1) is 0 Å². The molecule has 8 rings (SSSR count). The first-order valence-electron chi connectivity index (χ1n) is 14.1. The number of benzene rings is 7. The van der Waals surface area contributed by atoms with Crippen molar-refractivity contribution in [2.45, 2.75) is 0 Å². The molecule has 0 radical (unpaired) electrons. The fourth-order valence-electron chi connectivity index (χ4n) is 6.33. The van der Waals surface area contributed by atoms with E-state index in [-0.39, 0.29) is 0 Å². The summed E-state index contributed by atoms with van der Waals surface area (Å²) in [7, 11) is 1.95. The molecule has 0 aliphatic rings. The summed E-state index contributed by atoms with van der Waals surface area (Å²) in [4.78, 5) is 0. The van der Waals surface area contributed by atoms with Gasteiger partial charge in [-0.25, -0.2) is 0 Å². The van der Waals surface area contributed by atoms with E-state index in [2.05, 4.69) is 155 Å². The van der Waals surface area contributed by atoms with Crippen LogP contribution < -0.4 is 5.32 Å². The van der Waals surface area contributed by atoms with E-state index < -0.39 is 0 Å². The molecule has 41 heavy (non-hydrogen) atoms. The number of rotatable bonds is 4. The fourth-order valence-corrected chi connectivity index (χ4v) is 6.33. The smallest absolute Gasteiger partial charge is 0.0547 e. The molecule has 0 aliphatic heterocycles. The van der Waals surface area contributed by atoms with Crippen molar-refractivity contribution in [2.75, 3.05) is 12.4 Å². The Morgan fingerprint density at radius 3 is 1.88 bits per heavy atom. The first kappa shape index (κ1) is 23.5. The molecule has 0 saturated carbocycles. The van der Waals surface area contributed by atoms with Crippen molar-refractivity contribution in [3.05, 3.63) is 146 Å². The van der Waals surface area contributed by atoms with Gasteiger partial charge in [0.25, 0.3) is 0 Å². The first-order valence-corrected chi connectivity index (χ1v) is 14.1. The van der Waals surface area contributed by atoms with Crippen LogP contribution in [0.4, 0.5) is 5.69 Å². The van der Waals surface area contributed by atoms with Gasteiger partial charge in [-0.1, -0.05) is 109 Å². The molecule has 2 heteroatoms. The highest BCUT2D eigenvalue weighted by Gasteiger charge is 2.18. The lowest BCUT2D eigenvalue weighted by Gasteiger charge is -2.10. The molecular weight excluding hydrogens is 496 g/mol. The minimum Gasteiger partial charge on any atom is -0.388 e. The molecule has 1 heterocycles. The van der Waals surface area contributed by atoms with Gasteiger partial charge in [-0.05, 0) is 80.2 Å². The van der Waals surface area contributed by atoms with Gasteiger partial charge in [0.05, 0.1) is 11.0 Å². The normalized spacial score (nSPS) is 11.5. The second-order valence-electron chi connectivity index (χ2n) is 10.7. The minimum absolute atomic E-state index is 1.12. The summed E-state index contributed by atoms with van der Waals surface area (Å²) >= 11 is 0. The lowest BCUT2D eigenvalue weighted by molar-refractivity contribution is 1.19. The molecule has 0 spiro atoms. The van der Waals surface area contributed by atoms with Crippen molar-refractivity contribution in [1.29, 1.82) is 0 Å². The standard InChI is InChI=1S/C39H28N2/c1-40-32-21-17-28(18-22-32)27-13-15-30(16-14-27)35-11-6-12-36-38(35)39-34-10-5-4-8-29(34)20-24-37(39)41(36)33-23-19-26-7-2-3-9-31(26)25-33/h2-25,40H,1H3. The van der Waals surface area contributed by atoms with Crippen LogP contribution in [0.2, 0.25) is 0 Å². The van der Waals surface area contributed by atoms with Gasteiger partial charge in [0, 0.05) is 29.2 Å². The number of hydrogen-bond acceptors (Lipinski definition) is 1. The molecule has 0 aliphatic carbocycles. The minimum atomic E-state index is 1.12. The molecule has 2 nitrogen and oxygen atoms in total. The highest BCUT2D eigenvalue weighted by molar-refractivity contribution is 6.25. The quantitative estimate of drug-likeness (QED) is 0.242.